The molecule has 0 saturated carbocycles. The summed E-state index contributed by atoms with van der Waals surface area (Å²) in [6, 6.07) is 0. The minimum atomic E-state index is -3.03. The molecule has 4 nitrogen and oxygen atoms in total. The molecule has 1 aliphatic rings. The molecule has 2 heterocycles. The molecule has 0 aromatic carbocycles. The lowest BCUT2D eigenvalue weighted by atomic mass is 9.82. The quantitative estimate of drug-likeness (QED) is 0.809. The molecule has 0 radical (unpaired) electrons. The van der Waals surface area contributed by atoms with E-state index < -0.39 is 10.0 Å². The number of hydrogen-bond donors (Lipinski definition) is 0. The predicted octanol–water partition coefficient (Wildman–Crippen LogP) is 1.46. The summed E-state index contributed by atoms with van der Waals surface area (Å²) in [6.45, 7) is 3.38. The summed E-state index contributed by atoms with van der Waals surface area (Å²) in [7, 11) is -3.03. The Morgan fingerprint density at radius 3 is 2.50 bits per heavy atom. The summed E-state index contributed by atoms with van der Waals surface area (Å²) in [5, 5.41) is 3.10. The van der Waals surface area contributed by atoms with E-state index in [2.05, 4.69) is 11.9 Å². The first-order chi connectivity index (χ1) is 7.42. The Morgan fingerprint density at radius 1 is 1.44 bits per heavy atom. The summed E-state index contributed by atoms with van der Waals surface area (Å²) in [5.41, 5.74) is 0.0509. The molecule has 1 aromatic heterocycles. The largest absolute Gasteiger partial charge is 0.249 e. The van der Waals surface area contributed by atoms with E-state index in [0.29, 0.717) is 13.1 Å². The smallest absolute Gasteiger partial charge is 0.211 e. The van der Waals surface area contributed by atoms with Crippen molar-refractivity contribution in [2.75, 3.05) is 19.3 Å². The molecule has 0 aliphatic carbocycles. The average molecular weight is 260 g/mol. The molecular weight excluding hydrogens is 244 g/mol. The van der Waals surface area contributed by atoms with Crippen LogP contribution in [-0.4, -0.2) is 37.1 Å². The number of piperidine rings is 1. The van der Waals surface area contributed by atoms with Gasteiger partial charge in [0, 0.05) is 30.1 Å². The van der Waals surface area contributed by atoms with Crippen LogP contribution in [0.4, 0.5) is 0 Å². The Hall–Kier alpha value is -0.460. The molecule has 0 atom stereocenters. The van der Waals surface area contributed by atoms with Crippen molar-refractivity contribution in [1.29, 1.82) is 0 Å². The highest BCUT2D eigenvalue weighted by Gasteiger charge is 2.36. The van der Waals surface area contributed by atoms with E-state index in [-0.39, 0.29) is 5.41 Å². The molecular formula is C10H16N2O2S2. The Morgan fingerprint density at radius 2 is 2.06 bits per heavy atom. The van der Waals surface area contributed by atoms with Crippen molar-refractivity contribution in [1.82, 2.24) is 9.29 Å². The van der Waals surface area contributed by atoms with Crippen molar-refractivity contribution >= 4 is 21.4 Å². The molecule has 0 unspecified atom stereocenters. The lowest BCUT2D eigenvalue weighted by molar-refractivity contribution is 0.249. The topological polar surface area (TPSA) is 50.3 Å². The van der Waals surface area contributed by atoms with Gasteiger partial charge >= 0.3 is 0 Å². The van der Waals surface area contributed by atoms with Crippen molar-refractivity contribution in [3.8, 4) is 0 Å². The number of aromatic nitrogens is 1. The van der Waals surface area contributed by atoms with Gasteiger partial charge in [-0.2, -0.15) is 0 Å². The van der Waals surface area contributed by atoms with Crippen LogP contribution in [0.25, 0.3) is 0 Å². The van der Waals surface area contributed by atoms with Crippen molar-refractivity contribution < 1.29 is 8.42 Å². The third-order valence-electron chi connectivity index (χ3n) is 3.24. The van der Waals surface area contributed by atoms with Crippen LogP contribution >= 0.6 is 11.3 Å². The zero-order valence-electron chi connectivity index (χ0n) is 9.51. The monoisotopic (exact) mass is 260 g/mol. The number of sulfonamides is 1. The first-order valence-electron chi connectivity index (χ1n) is 5.27. The van der Waals surface area contributed by atoms with Gasteiger partial charge in [-0.1, -0.05) is 6.92 Å². The lowest BCUT2D eigenvalue weighted by Gasteiger charge is -2.36. The molecule has 1 aliphatic heterocycles. The zero-order valence-corrected chi connectivity index (χ0v) is 11.1. The maximum atomic E-state index is 11.4. The summed E-state index contributed by atoms with van der Waals surface area (Å²) in [6.07, 6.45) is 4.80. The SMILES string of the molecule is CC1(c2nccs2)CCN(S(C)(=O)=O)CC1. The van der Waals surface area contributed by atoms with Gasteiger partial charge in [0.2, 0.25) is 10.0 Å². The number of nitrogens with zero attached hydrogens (tertiary/aromatic N) is 2. The third-order valence-corrected chi connectivity index (χ3v) is 5.63. The van der Waals surface area contributed by atoms with Crippen molar-refractivity contribution in [2.45, 2.75) is 25.2 Å². The van der Waals surface area contributed by atoms with Gasteiger partial charge < -0.3 is 0 Å². The minimum Gasteiger partial charge on any atom is -0.249 e. The molecule has 16 heavy (non-hydrogen) atoms. The minimum absolute atomic E-state index is 0.0509. The van der Waals surface area contributed by atoms with Crippen LogP contribution in [0.3, 0.4) is 0 Å². The molecule has 1 aromatic rings. The Kier molecular flexibility index (Phi) is 3.07. The van der Waals surface area contributed by atoms with E-state index in [1.165, 1.54) is 6.26 Å². The van der Waals surface area contributed by atoms with E-state index in [1.54, 1.807) is 15.6 Å². The normalized spacial score (nSPS) is 22.1. The molecule has 90 valence electrons. The van der Waals surface area contributed by atoms with Crippen LogP contribution < -0.4 is 0 Å². The highest BCUT2D eigenvalue weighted by molar-refractivity contribution is 7.88. The second-order valence-corrected chi connectivity index (χ2v) is 7.44. The molecule has 1 fully saturated rings. The highest BCUT2D eigenvalue weighted by atomic mass is 32.2. The molecule has 0 bridgehead atoms. The van der Waals surface area contributed by atoms with E-state index >= 15 is 0 Å². The van der Waals surface area contributed by atoms with Gasteiger partial charge in [-0.25, -0.2) is 17.7 Å². The number of hydrogen-bond acceptors (Lipinski definition) is 4. The van der Waals surface area contributed by atoms with Gasteiger partial charge in [0.25, 0.3) is 0 Å². The van der Waals surface area contributed by atoms with Gasteiger partial charge in [0.05, 0.1) is 11.3 Å². The van der Waals surface area contributed by atoms with Gasteiger partial charge in [0.15, 0.2) is 0 Å². The number of rotatable bonds is 2. The van der Waals surface area contributed by atoms with Gasteiger partial charge in [-0.05, 0) is 12.8 Å². The Bertz CT molecular complexity index is 445. The lowest BCUT2D eigenvalue weighted by Crippen LogP contribution is -2.43. The molecule has 0 N–H and O–H groups in total. The van der Waals surface area contributed by atoms with Crippen molar-refractivity contribution in [3.05, 3.63) is 16.6 Å². The fraction of sp³-hybridized carbons (Fsp3) is 0.700. The van der Waals surface area contributed by atoms with E-state index in [4.69, 9.17) is 0 Å². The number of thiazole rings is 1. The Balaban J connectivity index is 2.10. The highest BCUT2D eigenvalue weighted by Crippen LogP contribution is 2.36. The van der Waals surface area contributed by atoms with Crippen LogP contribution in [0, 0.1) is 0 Å². The second kappa shape index (κ2) is 4.09. The predicted molar refractivity (Wildman–Crippen MR) is 65.1 cm³/mol. The van der Waals surface area contributed by atoms with E-state index in [9.17, 15) is 8.42 Å². The molecule has 6 heteroatoms. The Labute approximate surface area is 100 Å². The summed E-state index contributed by atoms with van der Waals surface area (Å²) in [5.74, 6) is 0. The summed E-state index contributed by atoms with van der Waals surface area (Å²) < 4.78 is 24.4. The zero-order chi connectivity index (χ0) is 11.8. The van der Waals surface area contributed by atoms with E-state index in [1.807, 2.05) is 11.6 Å². The fourth-order valence-corrected chi connectivity index (χ4v) is 3.75. The van der Waals surface area contributed by atoms with Gasteiger partial charge in [-0.3, -0.25) is 0 Å². The van der Waals surface area contributed by atoms with Gasteiger partial charge in [0.1, 0.15) is 0 Å². The standard InChI is InChI=1S/C10H16N2O2S2/c1-10(9-11-5-8-15-9)3-6-12(7-4-10)16(2,13)14/h5,8H,3-4,6-7H2,1-2H3. The molecule has 1 saturated heterocycles. The maximum absolute atomic E-state index is 11.4. The van der Waals surface area contributed by atoms with Crippen LogP contribution in [0.15, 0.2) is 11.6 Å². The van der Waals surface area contributed by atoms with Crippen LogP contribution in [0.1, 0.15) is 24.8 Å². The van der Waals surface area contributed by atoms with Crippen LogP contribution in [0.2, 0.25) is 0 Å². The van der Waals surface area contributed by atoms with Crippen LogP contribution in [-0.2, 0) is 15.4 Å². The molecule has 0 spiro atoms. The van der Waals surface area contributed by atoms with Crippen LogP contribution in [0.5, 0.6) is 0 Å². The maximum Gasteiger partial charge on any atom is 0.211 e. The third kappa shape index (κ3) is 2.28. The first kappa shape index (κ1) is 12.0. The average Bonchev–Trinajstić information content (AvgIpc) is 2.70. The summed E-state index contributed by atoms with van der Waals surface area (Å²) >= 11 is 1.66. The molecule has 2 rings (SSSR count). The van der Waals surface area contributed by atoms with Gasteiger partial charge in [-0.15, -0.1) is 11.3 Å². The summed E-state index contributed by atoms with van der Waals surface area (Å²) in [4.78, 5) is 4.35. The fourth-order valence-electron chi connectivity index (χ4n) is 2.05. The second-order valence-electron chi connectivity index (χ2n) is 4.56. The van der Waals surface area contributed by atoms with Crippen molar-refractivity contribution in [2.24, 2.45) is 0 Å². The first-order valence-corrected chi connectivity index (χ1v) is 8.00. The van der Waals surface area contributed by atoms with E-state index in [0.717, 1.165) is 17.8 Å². The van der Waals surface area contributed by atoms with Crippen molar-refractivity contribution in [3.63, 3.8) is 0 Å². The molecule has 0 amide bonds.